The summed E-state index contributed by atoms with van der Waals surface area (Å²) in [5.74, 6) is 0. The molecule has 0 N–H and O–H groups in total. The third-order valence-corrected chi connectivity index (χ3v) is 2.23. The molecule has 0 atom stereocenters. The van der Waals surface area contributed by atoms with Crippen molar-refractivity contribution in [3.63, 3.8) is 0 Å². The maximum absolute atomic E-state index is 4.26. The van der Waals surface area contributed by atoms with E-state index in [0.717, 1.165) is 11.1 Å². The average Bonchev–Trinajstić information content (AvgIpc) is 2.56. The second-order valence-corrected chi connectivity index (χ2v) is 3.51. The molecule has 0 saturated heterocycles. The van der Waals surface area contributed by atoms with Crippen LogP contribution in [0, 0.1) is 0 Å². The number of fused-ring (bicyclic) bond motifs is 1. The van der Waals surface area contributed by atoms with E-state index in [1.807, 2.05) is 16.6 Å². The molecule has 0 aliphatic carbocycles. The van der Waals surface area contributed by atoms with Gasteiger partial charge in [-0.3, -0.25) is 4.99 Å². The van der Waals surface area contributed by atoms with Crippen molar-refractivity contribution in [1.29, 1.82) is 0 Å². The number of hydrogen-bond acceptors (Lipinski definition) is 2. The zero-order valence-corrected chi connectivity index (χ0v) is 8.68. The number of imidazole rings is 1. The van der Waals surface area contributed by atoms with Gasteiger partial charge >= 0.3 is 0 Å². The first-order valence-electron chi connectivity index (χ1n) is 4.71. The molecular weight excluding hydrogens is 176 g/mol. The molecule has 0 aliphatic heterocycles. The van der Waals surface area contributed by atoms with Crippen molar-refractivity contribution >= 4 is 5.52 Å². The third kappa shape index (κ3) is 1.23. The summed E-state index contributed by atoms with van der Waals surface area (Å²) in [6.45, 7) is 4.27. The van der Waals surface area contributed by atoms with Crippen LogP contribution in [0.1, 0.15) is 19.9 Å². The fourth-order valence-corrected chi connectivity index (χ4v) is 1.55. The Bertz CT molecular complexity index is 504. The van der Waals surface area contributed by atoms with Crippen LogP contribution in [0.15, 0.2) is 29.5 Å². The minimum atomic E-state index is 0.399. The van der Waals surface area contributed by atoms with E-state index in [1.54, 1.807) is 13.2 Å². The predicted molar refractivity (Wildman–Crippen MR) is 55.1 cm³/mol. The van der Waals surface area contributed by atoms with Crippen LogP contribution >= 0.6 is 0 Å². The fraction of sp³-hybridized carbons (Fsp3) is 0.400. The van der Waals surface area contributed by atoms with Crippen molar-refractivity contribution < 1.29 is 0 Å². The van der Waals surface area contributed by atoms with Crippen molar-refractivity contribution in [3.8, 4) is 0 Å². The van der Waals surface area contributed by atoms with Crippen molar-refractivity contribution in [2.24, 2.45) is 4.99 Å². The molecule has 0 aliphatic rings. The lowest BCUT2D eigenvalue weighted by Crippen LogP contribution is -2.24. The Hall–Kier alpha value is -1.58. The highest BCUT2D eigenvalue weighted by Gasteiger charge is 2.04. The Labute approximate surface area is 82.5 Å². The molecule has 14 heavy (non-hydrogen) atoms. The van der Waals surface area contributed by atoms with Gasteiger partial charge in [-0.1, -0.05) is 0 Å². The first kappa shape index (κ1) is 8.99. The standard InChI is InChI=1S/C10H14N4/c1-8(2)13-7-9-5-4-6-12-14(9)10(13)11-3/h4-8H,1-3H3. The van der Waals surface area contributed by atoms with E-state index in [1.165, 1.54) is 0 Å². The zero-order chi connectivity index (χ0) is 10.1. The first-order valence-corrected chi connectivity index (χ1v) is 4.71. The maximum atomic E-state index is 4.26. The molecule has 2 aromatic heterocycles. The van der Waals surface area contributed by atoms with Gasteiger partial charge in [0.1, 0.15) is 0 Å². The molecule has 0 radical (unpaired) electrons. The summed E-state index contributed by atoms with van der Waals surface area (Å²) in [5.41, 5.74) is 1.96. The van der Waals surface area contributed by atoms with E-state index in [2.05, 4.69) is 34.7 Å². The lowest BCUT2D eigenvalue weighted by Gasteiger charge is -2.04. The van der Waals surface area contributed by atoms with Crippen LogP contribution in [-0.4, -0.2) is 21.2 Å². The maximum Gasteiger partial charge on any atom is 0.226 e. The molecule has 4 heteroatoms. The van der Waals surface area contributed by atoms with E-state index in [-0.39, 0.29) is 0 Å². The lowest BCUT2D eigenvalue weighted by molar-refractivity contribution is 0.558. The third-order valence-electron chi connectivity index (χ3n) is 2.23. The minimum Gasteiger partial charge on any atom is -0.313 e. The molecule has 4 nitrogen and oxygen atoms in total. The van der Waals surface area contributed by atoms with Crippen LogP contribution in [0.5, 0.6) is 0 Å². The topological polar surface area (TPSA) is 34.6 Å². The van der Waals surface area contributed by atoms with Crippen molar-refractivity contribution in [3.05, 3.63) is 30.1 Å². The van der Waals surface area contributed by atoms with Crippen molar-refractivity contribution in [1.82, 2.24) is 14.2 Å². The normalized spacial score (nSPS) is 13.0. The van der Waals surface area contributed by atoms with Gasteiger partial charge in [-0.05, 0) is 26.0 Å². The highest BCUT2D eigenvalue weighted by Crippen LogP contribution is 2.04. The van der Waals surface area contributed by atoms with Crippen LogP contribution in [0.2, 0.25) is 0 Å². The lowest BCUT2D eigenvalue weighted by atomic mass is 10.4. The largest absolute Gasteiger partial charge is 0.313 e. The second kappa shape index (κ2) is 3.29. The molecule has 74 valence electrons. The van der Waals surface area contributed by atoms with Crippen LogP contribution in [0.3, 0.4) is 0 Å². The summed E-state index contributed by atoms with van der Waals surface area (Å²) in [6.07, 6.45) is 3.84. The van der Waals surface area contributed by atoms with Gasteiger partial charge in [0.25, 0.3) is 0 Å². The highest BCUT2D eigenvalue weighted by molar-refractivity contribution is 5.42. The number of rotatable bonds is 1. The van der Waals surface area contributed by atoms with E-state index in [9.17, 15) is 0 Å². The predicted octanol–water partition coefficient (Wildman–Crippen LogP) is 1.25. The van der Waals surface area contributed by atoms with Crippen LogP contribution in [0.4, 0.5) is 0 Å². The summed E-state index contributed by atoms with van der Waals surface area (Å²) in [5, 5.41) is 4.26. The molecule has 2 rings (SSSR count). The van der Waals surface area contributed by atoms with Gasteiger partial charge in [0.15, 0.2) is 0 Å². The monoisotopic (exact) mass is 190 g/mol. The molecule has 2 heterocycles. The molecule has 0 bridgehead atoms. The summed E-state index contributed by atoms with van der Waals surface area (Å²) in [7, 11) is 1.79. The average molecular weight is 190 g/mol. The Morgan fingerprint density at radius 2 is 2.21 bits per heavy atom. The van der Waals surface area contributed by atoms with Crippen LogP contribution in [-0.2, 0) is 0 Å². The van der Waals surface area contributed by atoms with Gasteiger partial charge in [0, 0.05) is 25.5 Å². The molecule has 0 unspecified atom stereocenters. The van der Waals surface area contributed by atoms with E-state index >= 15 is 0 Å². The molecule has 0 fully saturated rings. The summed E-state index contributed by atoms with van der Waals surface area (Å²) >= 11 is 0. The van der Waals surface area contributed by atoms with E-state index in [4.69, 9.17) is 0 Å². The molecule has 2 aromatic rings. The van der Waals surface area contributed by atoms with Gasteiger partial charge in [-0.25, -0.2) is 0 Å². The van der Waals surface area contributed by atoms with Crippen molar-refractivity contribution in [2.75, 3.05) is 7.05 Å². The molecule has 0 aromatic carbocycles. The Morgan fingerprint density at radius 3 is 2.86 bits per heavy atom. The fourth-order valence-electron chi connectivity index (χ4n) is 1.55. The Kier molecular flexibility index (Phi) is 2.11. The van der Waals surface area contributed by atoms with Gasteiger partial charge in [0.2, 0.25) is 5.62 Å². The smallest absolute Gasteiger partial charge is 0.226 e. The highest BCUT2D eigenvalue weighted by atomic mass is 15.3. The quantitative estimate of drug-likeness (QED) is 0.666. The number of aromatic nitrogens is 3. The molecule has 0 spiro atoms. The number of hydrogen-bond donors (Lipinski definition) is 0. The number of nitrogens with zero attached hydrogens (tertiary/aromatic N) is 4. The second-order valence-electron chi connectivity index (χ2n) is 3.51. The Morgan fingerprint density at radius 1 is 1.43 bits per heavy atom. The van der Waals surface area contributed by atoms with Gasteiger partial charge in [0.05, 0.1) is 5.52 Å². The van der Waals surface area contributed by atoms with Gasteiger partial charge in [-0.15, -0.1) is 0 Å². The Balaban J connectivity index is 2.87. The van der Waals surface area contributed by atoms with Gasteiger partial charge in [-0.2, -0.15) is 9.61 Å². The first-order chi connectivity index (χ1) is 6.74. The summed E-state index contributed by atoms with van der Waals surface area (Å²) < 4.78 is 3.96. The molecular formula is C10H14N4. The van der Waals surface area contributed by atoms with E-state index < -0.39 is 0 Å². The minimum absolute atomic E-state index is 0.399. The van der Waals surface area contributed by atoms with Gasteiger partial charge < -0.3 is 4.57 Å². The van der Waals surface area contributed by atoms with Crippen LogP contribution < -0.4 is 5.62 Å². The van der Waals surface area contributed by atoms with Crippen LogP contribution in [0.25, 0.3) is 5.52 Å². The summed E-state index contributed by atoms with van der Waals surface area (Å²) in [4.78, 5) is 4.24. The summed E-state index contributed by atoms with van der Waals surface area (Å²) in [6, 6.07) is 4.36. The zero-order valence-electron chi connectivity index (χ0n) is 8.68. The molecule has 0 amide bonds. The van der Waals surface area contributed by atoms with E-state index in [0.29, 0.717) is 6.04 Å². The SMILES string of the molecule is CN=c1n(C(C)C)cc2cccnn12. The molecule has 0 saturated carbocycles. The van der Waals surface area contributed by atoms with Crippen molar-refractivity contribution in [2.45, 2.75) is 19.9 Å².